The zero-order valence-electron chi connectivity index (χ0n) is 9.52. The Kier molecular flexibility index (Phi) is 2.44. The largest absolute Gasteiger partial charge is 0.394 e. The van der Waals surface area contributed by atoms with Crippen molar-refractivity contribution in [1.29, 1.82) is 0 Å². The van der Waals surface area contributed by atoms with Crippen LogP contribution in [0, 0.1) is 0 Å². The lowest BCUT2D eigenvalue weighted by molar-refractivity contribution is -0.0416. The van der Waals surface area contributed by atoms with Crippen molar-refractivity contribution >= 4 is 17.0 Å². The van der Waals surface area contributed by atoms with Crippen molar-refractivity contribution in [2.24, 2.45) is 0 Å². The topological polar surface area (TPSA) is 119 Å². The van der Waals surface area contributed by atoms with Gasteiger partial charge in [0.15, 0.2) is 17.2 Å². The molecule has 3 rings (SSSR count). The minimum absolute atomic E-state index is 0.0770. The first-order chi connectivity index (χ1) is 8.64. The Labute approximate surface area is 102 Å². The number of rotatable bonds is 2. The van der Waals surface area contributed by atoms with Gasteiger partial charge < -0.3 is 20.7 Å². The zero-order chi connectivity index (χ0) is 12.8. The van der Waals surface area contributed by atoms with E-state index >= 15 is 0 Å². The van der Waals surface area contributed by atoms with E-state index < -0.39 is 5.72 Å². The highest BCUT2D eigenvalue weighted by Gasteiger charge is 2.41. The molecular formula is C10H13N5O3. The molecule has 2 atom stereocenters. The van der Waals surface area contributed by atoms with Crippen molar-refractivity contribution in [3.05, 3.63) is 12.7 Å². The molecule has 0 bridgehead atoms. The van der Waals surface area contributed by atoms with Crippen LogP contribution in [-0.2, 0) is 10.5 Å². The van der Waals surface area contributed by atoms with Gasteiger partial charge in [-0.3, -0.25) is 4.57 Å². The smallest absolute Gasteiger partial charge is 0.170 e. The van der Waals surface area contributed by atoms with Crippen molar-refractivity contribution in [1.82, 2.24) is 19.5 Å². The Morgan fingerprint density at radius 1 is 1.50 bits per heavy atom. The molecule has 0 radical (unpaired) electrons. The van der Waals surface area contributed by atoms with Gasteiger partial charge in [-0.2, -0.15) is 0 Å². The number of hydrogen-bond donors (Lipinski definition) is 3. The predicted octanol–water partition coefficient (Wildman–Crippen LogP) is -1.17. The lowest BCUT2D eigenvalue weighted by Gasteiger charge is -2.22. The molecule has 0 spiro atoms. The molecule has 0 amide bonds. The Morgan fingerprint density at radius 3 is 3.06 bits per heavy atom. The second-order valence-corrected chi connectivity index (χ2v) is 4.35. The van der Waals surface area contributed by atoms with Gasteiger partial charge in [0.05, 0.1) is 25.6 Å². The number of nitrogen functional groups attached to an aromatic ring is 1. The minimum atomic E-state index is -1.26. The molecule has 1 aliphatic rings. The van der Waals surface area contributed by atoms with Crippen LogP contribution in [0.5, 0.6) is 0 Å². The van der Waals surface area contributed by atoms with E-state index in [0.717, 1.165) is 0 Å². The predicted molar refractivity (Wildman–Crippen MR) is 61.4 cm³/mol. The molecule has 0 aliphatic carbocycles. The maximum absolute atomic E-state index is 10.5. The lowest BCUT2D eigenvalue weighted by atomic mass is 10.1. The molecule has 2 aromatic rings. The molecule has 96 valence electrons. The van der Waals surface area contributed by atoms with E-state index in [-0.39, 0.29) is 31.6 Å². The number of imidazole rings is 1. The second kappa shape index (κ2) is 3.87. The first-order valence-corrected chi connectivity index (χ1v) is 5.53. The van der Waals surface area contributed by atoms with E-state index in [4.69, 9.17) is 15.6 Å². The van der Waals surface area contributed by atoms with E-state index in [9.17, 15) is 5.11 Å². The fourth-order valence-corrected chi connectivity index (χ4v) is 2.18. The van der Waals surface area contributed by atoms with E-state index in [1.54, 1.807) is 0 Å². The van der Waals surface area contributed by atoms with Crippen LogP contribution < -0.4 is 5.73 Å². The number of aromatic nitrogens is 4. The lowest BCUT2D eigenvalue weighted by Crippen LogP contribution is -2.34. The molecule has 2 unspecified atom stereocenters. The molecule has 3 heterocycles. The Hall–Kier alpha value is -1.77. The summed E-state index contributed by atoms with van der Waals surface area (Å²) in [5.41, 5.74) is 5.32. The average Bonchev–Trinajstić information content (AvgIpc) is 2.94. The van der Waals surface area contributed by atoms with Crippen LogP contribution in [0.4, 0.5) is 5.82 Å². The molecule has 4 N–H and O–H groups in total. The van der Waals surface area contributed by atoms with Gasteiger partial charge in [0.1, 0.15) is 11.8 Å². The summed E-state index contributed by atoms with van der Waals surface area (Å²) in [5.74, 6) is 0.264. The average molecular weight is 251 g/mol. The van der Waals surface area contributed by atoms with E-state index in [1.165, 1.54) is 17.2 Å². The fourth-order valence-electron chi connectivity index (χ4n) is 2.18. The third-order valence-electron chi connectivity index (χ3n) is 3.12. The highest BCUT2D eigenvalue weighted by atomic mass is 16.5. The quantitative estimate of drug-likeness (QED) is 0.615. The van der Waals surface area contributed by atoms with Crippen LogP contribution >= 0.6 is 0 Å². The first-order valence-electron chi connectivity index (χ1n) is 5.53. The zero-order valence-corrected chi connectivity index (χ0v) is 9.52. The van der Waals surface area contributed by atoms with Gasteiger partial charge in [-0.1, -0.05) is 0 Å². The molecule has 18 heavy (non-hydrogen) atoms. The van der Waals surface area contributed by atoms with E-state index in [2.05, 4.69) is 15.0 Å². The standard InChI is InChI=1S/C10H13N5O3/c11-8-7-9(13-4-12-8)15(5-14-7)10(17)1-6(2-16)18-3-10/h4-6,16-17H,1-3H2,(H2,11,12,13). The number of anilines is 1. The van der Waals surface area contributed by atoms with Gasteiger partial charge in [-0.25, -0.2) is 15.0 Å². The van der Waals surface area contributed by atoms with Gasteiger partial charge in [-0.15, -0.1) is 0 Å². The van der Waals surface area contributed by atoms with Crippen LogP contribution in [0.25, 0.3) is 11.2 Å². The molecule has 1 saturated heterocycles. The summed E-state index contributed by atoms with van der Waals surface area (Å²) in [6.45, 7) is -0.0559. The maximum atomic E-state index is 10.5. The van der Waals surface area contributed by atoms with Crippen LogP contribution in [0.15, 0.2) is 12.7 Å². The third-order valence-corrected chi connectivity index (χ3v) is 3.12. The number of aliphatic hydroxyl groups excluding tert-OH is 1. The number of nitrogens with two attached hydrogens (primary N) is 1. The number of hydrogen-bond acceptors (Lipinski definition) is 7. The summed E-state index contributed by atoms with van der Waals surface area (Å²) >= 11 is 0. The van der Waals surface area contributed by atoms with Crippen molar-refractivity contribution in [3.8, 4) is 0 Å². The number of ether oxygens (including phenoxy) is 1. The number of aliphatic hydroxyl groups is 2. The molecule has 2 aromatic heterocycles. The summed E-state index contributed by atoms with van der Waals surface area (Å²) in [7, 11) is 0. The monoisotopic (exact) mass is 251 g/mol. The molecule has 1 fully saturated rings. The summed E-state index contributed by atoms with van der Waals surface area (Å²) in [6, 6.07) is 0. The molecule has 8 heteroatoms. The number of fused-ring (bicyclic) bond motifs is 1. The summed E-state index contributed by atoms with van der Waals surface area (Å²) in [4.78, 5) is 12.0. The van der Waals surface area contributed by atoms with Crippen molar-refractivity contribution in [2.45, 2.75) is 18.2 Å². The van der Waals surface area contributed by atoms with Gasteiger partial charge in [-0.05, 0) is 0 Å². The minimum Gasteiger partial charge on any atom is -0.394 e. The van der Waals surface area contributed by atoms with Crippen LogP contribution in [0.1, 0.15) is 6.42 Å². The van der Waals surface area contributed by atoms with Crippen LogP contribution in [0.3, 0.4) is 0 Å². The highest BCUT2D eigenvalue weighted by Crippen LogP contribution is 2.31. The third kappa shape index (κ3) is 1.54. The highest BCUT2D eigenvalue weighted by molar-refractivity contribution is 5.81. The van der Waals surface area contributed by atoms with Crippen molar-refractivity contribution < 1.29 is 14.9 Å². The summed E-state index contributed by atoms with van der Waals surface area (Å²) in [6.07, 6.45) is 2.67. The first kappa shape index (κ1) is 11.3. The molecule has 8 nitrogen and oxygen atoms in total. The number of nitrogens with zero attached hydrogens (tertiary/aromatic N) is 4. The fraction of sp³-hybridized carbons (Fsp3) is 0.500. The van der Waals surface area contributed by atoms with Crippen LogP contribution in [0.2, 0.25) is 0 Å². The molecular weight excluding hydrogens is 238 g/mol. The SMILES string of the molecule is Nc1ncnc2c1ncn2C1(O)COC(CO)C1. The Bertz CT molecular complexity index is 586. The summed E-state index contributed by atoms with van der Waals surface area (Å²) in [5, 5.41) is 19.6. The van der Waals surface area contributed by atoms with Gasteiger partial charge in [0, 0.05) is 6.42 Å². The van der Waals surface area contributed by atoms with Gasteiger partial charge in [0.25, 0.3) is 0 Å². The Morgan fingerprint density at radius 2 is 2.33 bits per heavy atom. The van der Waals surface area contributed by atoms with E-state index in [1.807, 2.05) is 0 Å². The Balaban J connectivity index is 2.07. The van der Waals surface area contributed by atoms with Crippen LogP contribution in [-0.4, -0.2) is 49.0 Å². The molecule has 1 aliphatic heterocycles. The van der Waals surface area contributed by atoms with E-state index in [0.29, 0.717) is 11.2 Å². The van der Waals surface area contributed by atoms with Gasteiger partial charge >= 0.3 is 0 Å². The summed E-state index contributed by atoms with van der Waals surface area (Å²) < 4.78 is 6.81. The second-order valence-electron chi connectivity index (χ2n) is 4.35. The molecule has 0 aromatic carbocycles. The van der Waals surface area contributed by atoms with Crippen molar-refractivity contribution in [3.63, 3.8) is 0 Å². The van der Waals surface area contributed by atoms with Crippen molar-refractivity contribution in [2.75, 3.05) is 18.9 Å². The van der Waals surface area contributed by atoms with Gasteiger partial charge in [0.2, 0.25) is 0 Å². The normalized spacial score (nSPS) is 28.0. The molecule has 0 saturated carbocycles. The maximum Gasteiger partial charge on any atom is 0.170 e.